The molecule has 0 amide bonds. The lowest BCUT2D eigenvalue weighted by Crippen LogP contribution is -2.00. The SMILES string of the molecule is Cc1cc(Sc2ncns2)c(C(=O)O)cn1. The van der Waals surface area contributed by atoms with Gasteiger partial charge in [0.15, 0.2) is 4.34 Å². The van der Waals surface area contributed by atoms with Crippen LogP contribution in [0.15, 0.2) is 27.8 Å². The Morgan fingerprint density at radius 2 is 2.31 bits per heavy atom. The number of hydrogen-bond donors (Lipinski definition) is 1. The lowest BCUT2D eigenvalue weighted by atomic mass is 10.2. The predicted octanol–water partition coefficient (Wildman–Crippen LogP) is 2.09. The van der Waals surface area contributed by atoms with E-state index in [1.807, 2.05) is 6.92 Å². The highest BCUT2D eigenvalue weighted by Gasteiger charge is 2.13. The van der Waals surface area contributed by atoms with Crippen LogP contribution in [0.3, 0.4) is 0 Å². The Morgan fingerprint density at radius 3 is 2.94 bits per heavy atom. The number of hydrogen-bond acceptors (Lipinski definition) is 6. The highest BCUT2D eigenvalue weighted by Crippen LogP contribution is 2.30. The molecule has 0 aliphatic rings. The van der Waals surface area contributed by atoms with Crippen molar-refractivity contribution in [3.63, 3.8) is 0 Å². The molecule has 2 rings (SSSR count). The van der Waals surface area contributed by atoms with Crippen molar-refractivity contribution < 1.29 is 9.90 Å². The first-order valence-corrected chi connectivity index (χ1v) is 5.90. The molecule has 0 aromatic carbocycles. The van der Waals surface area contributed by atoms with Gasteiger partial charge in [0.05, 0.1) is 5.56 Å². The highest BCUT2D eigenvalue weighted by molar-refractivity contribution is 8.01. The number of pyridine rings is 1. The maximum atomic E-state index is 11.0. The number of aromatic carboxylic acids is 1. The van der Waals surface area contributed by atoms with Crippen molar-refractivity contribution >= 4 is 29.3 Å². The molecule has 0 fully saturated rings. The van der Waals surface area contributed by atoms with Crippen molar-refractivity contribution in [1.82, 2.24) is 14.3 Å². The zero-order valence-corrected chi connectivity index (χ0v) is 9.88. The summed E-state index contributed by atoms with van der Waals surface area (Å²) < 4.78 is 4.58. The summed E-state index contributed by atoms with van der Waals surface area (Å²) in [6, 6.07) is 1.73. The lowest BCUT2D eigenvalue weighted by Gasteiger charge is -2.03. The summed E-state index contributed by atoms with van der Waals surface area (Å²) in [5, 5.41) is 9.00. The third-order valence-corrected chi connectivity index (χ3v) is 3.54. The quantitative estimate of drug-likeness (QED) is 0.902. The van der Waals surface area contributed by atoms with Gasteiger partial charge in [-0.15, -0.1) is 0 Å². The molecule has 1 N–H and O–H groups in total. The van der Waals surface area contributed by atoms with E-state index in [0.717, 1.165) is 5.69 Å². The smallest absolute Gasteiger partial charge is 0.338 e. The first kappa shape index (κ1) is 11.0. The highest BCUT2D eigenvalue weighted by atomic mass is 32.2. The molecule has 2 heterocycles. The van der Waals surface area contributed by atoms with Crippen molar-refractivity contribution in [2.45, 2.75) is 16.2 Å². The second-order valence-electron chi connectivity index (χ2n) is 2.94. The van der Waals surface area contributed by atoms with Gasteiger partial charge in [0.1, 0.15) is 6.33 Å². The lowest BCUT2D eigenvalue weighted by molar-refractivity contribution is 0.0692. The molecule has 2 aromatic rings. The van der Waals surface area contributed by atoms with E-state index in [1.54, 1.807) is 6.07 Å². The van der Waals surface area contributed by atoms with Gasteiger partial charge >= 0.3 is 5.97 Å². The van der Waals surface area contributed by atoms with Crippen LogP contribution in [-0.2, 0) is 0 Å². The van der Waals surface area contributed by atoms with E-state index in [0.29, 0.717) is 9.24 Å². The van der Waals surface area contributed by atoms with Crippen LogP contribution in [0, 0.1) is 6.92 Å². The molecule has 82 valence electrons. The van der Waals surface area contributed by atoms with E-state index in [-0.39, 0.29) is 5.56 Å². The minimum Gasteiger partial charge on any atom is -0.478 e. The molecule has 0 aliphatic heterocycles. The number of aromatic nitrogens is 3. The van der Waals surface area contributed by atoms with Crippen LogP contribution < -0.4 is 0 Å². The Kier molecular flexibility index (Phi) is 3.16. The fourth-order valence-corrected chi connectivity index (χ4v) is 2.68. The molecule has 0 spiro atoms. The van der Waals surface area contributed by atoms with Gasteiger partial charge in [-0.05, 0) is 24.5 Å². The molecule has 0 saturated heterocycles. The van der Waals surface area contributed by atoms with Crippen LogP contribution in [0.1, 0.15) is 16.1 Å². The Hall–Kier alpha value is -1.47. The normalized spacial score (nSPS) is 10.3. The molecule has 5 nitrogen and oxygen atoms in total. The van der Waals surface area contributed by atoms with Gasteiger partial charge in [0, 0.05) is 16.8 Å². The van der Waals surface area contributed by atoms with Crippen LogP contribution >= 0.6 is 23.3 Å². The fraction of sp³-hybridized carbons (Fsp3) is 0.111. The van der Waals surface area contributed by atoms with Gasteiger partial charge < -0.3 is 5.11 Å². The van der Waals surface area contributed by atoms with Gasteiger partial charge in [-0.3, -0.25) is 4.98 Å². The van der Waals surface area contributed by atoms with E-state index >= 15 is 0 Å². The van der Waals surface area contributed by atoms with E-state index < -0.39 is 5.97 Å². The Morgan fingerprint density at radius 1 is 1.50 bits per heavy atom. The maximum Gasteiger partial charge on any atom is 0.338 e. The monoisotopic (exact) mass is 253 g/mol. The fourth-order valence-electron chi connectivity index (χ4n) is 1.08. The number of carboxylic acids is 1. The van der Waals surface area contributed by atoms with Crippen LogP contribution in [0.2, 0.25) is 0 Å². The first-order chi connectivity index (χ1) is 7.66. The zero-order chi connectivity index (χ0) is 11.5. The maximum absolute atomic E-state index is 11.0. The van der Waals surface area contributed by atoms with Gasteiger partial charge in [0.2, 0.25) is 0 Å². The predicted molar refractivity (Wildman–Crippen MR) is 60.0 cm³/mol. The number of nitrogens with zero attached hydrogens (tertiary/aromatic N) is 3. The van der Waals surface area contributed by atoms with Crippen LogP contribution in [0.4, 0.5) is 0 Å². The van der Waals surface area contributed by atoms with Crippen molar-refractivity contribution in [3.05, 3.63) is 29.8 Å². The summed E-state index contributed by atoms with van der Waals surface area (Å²) >= 11 is 2.52. The standard InChI is InChI=1S/C9H7N3O2S2/c1-5-2-7(6(3-10-5)8(13)14)15-9-11-4-12-16-9/h2-4H,1H3,(H,13,14). The van der Waals surface area contributed by atoms with E-state index in [4.69, 9.17) is 5.11 Å². The summed E-state index contributed by atoms with van der Waals surface area (Å²) in [5.74, 6) is -0.987. The molecular weight excluding hydrogens is 246 g/mol. The second kappa shape index (κ2) is 4.58. The van der Waals surface area contributed by atoms with Gasteiger partial charge in [-0.2, -0.15) is 4.37 Å². The number of carboxylic acid groups (broad SMARTS) is 1. The minimum absolute atomic E-state index is 0.186. The third-order valence-electron chi connectivity index (χ3n) is 1.77. The second-order valence-corrected chi connectivity index (χ2v) is 5.01. The Balaban J connectivity index is 2.38. The van der Waals surface area contributed by atoms with Crippen LogP contribution in [0.25, 0.3) is 0 Å². The summed E-state index contributed by atoms with van der Waals surface area (Å²) in [5.41, 5.74) is 0.961. The Bertz CT molecular complexity index is 513. The molecular formula is C9H7N3O2S2. The minimum atomic E-state index is -0.987. The van der Waals surface area contributed by atoms with E-state index in [1.165, 1.54) is 35.8 Å². The molecule has 2 aromatic heterocycles. The van der Waals surface area contributed by atoms with Crippen molar-refractivity contribution in [2.75, 3.05) is 0 Å². The van der Waals surface area contributed by atoms with Crippen LogP contribution in [0.5, 0.6) is 0 Å². The molecule has 0 atom stereocenters. The molecule has 0 bridgehead atoms. The third kappa shape index (κ3) is 2.37. The Labute approximate surface area is 99.7 Å². The summed E-state index contributed by atoms with van der Waals surface area (Å²) in [6.07, 6.45) is 2.81. The molecule has 0 aliphatic carbocycles. The summed E-state index contributed by atoms with van der Waals surface area (Å²) in [6.45, 7) is 1.82. The van der Waals surface area contributed by atoms with Gasteiger partial charge in [-0.25, -0.2) is 9.78 Å². The van der Waals surface area contributed by atoms with E-state index in [9.17, 15) is 4.79 Å². The van der Waals surface area contributed by atoms with Gasteiger partial charge in [0.25, 0.3) is 0 Å². The zero-order valence-electron chi connectivity index (χ0n) is 8.25. The van der Waals surface area contributed by atoms with Crippen LogP contribution in [-0.4, -0.2) is 25.4 Å². The largest absolute Gasteiger partial charge is 0.478 e. The van der Waals surface area contributed by atoms with Crippen molar-refractivity contribution in [1.29, 1.82) is 0 Å². The topological polar surface area (TPSA) is 76.0 Å². The summed E-state index contributed by atoms with van der Waals surface area (Å²) in [7, 11) is 0. The number of carbonyl (C=O) groups is 1. The average Bonchev–Trinajstić information content (AvgIpc) is 2.70. The average molecular weight is 253 g/mol. The van der Waals surface area contributed by atoms with Gasteiger partial charge in [-0.1, -0.05) is 11.8 Å². The van der Waals surface area contributed by atoms with Crippen molar-refractivity contribution in [3.8, 4) is 0 Å². The molecule has 0 radical (unpaired) electrons. The molecule has 0 saturated carbocycles. The number of aryl methyl sites for hydroxylation is 1. The molecule has 7 heteroatoms. The summed E-state index contributed by atoms with van der Waals surface area (Å²) in [4.78, 5) is 19.6. The van der Waals surface area contributed by atoms with E-state index in [2.05, 4.69) is 14.3 Å². The molecule has 0 unspecified atom stereocenters. The number of rotatable bonds is 3. The first-order valence-electron chi connectivity index (χ1n) is 4.31. The molecule has 16 heavy (non-hydrogen) atoms. The van der Waals surface area contributed by atoms with Crippen molar-refractivity contribution in [2.24, 2.45) is 0 Å².